The van der Waals surface area contributed by atoms with Crippen LogP contribution in [-0.4, -0.2) is 41.1 Å². The molecule has 0 fully saturated rings. The number of ether oxygens (including phenoxy) is 1. The quantitative estimate of drug-likeness (QED) is 0.785. The van der Waals surface area contributed by atoms with E-state index in [2.05, 4.69) is 0 Å². The zero-order chi connectivity index (χ0) is 14.4. The molecule has 0 aromatic heterocycles. The van der Waals surface area contributed by atoms with E-state index < -0.39 is 5.97 Å². The van der Waals surface area contributed by atoms with E-state index in [1.165, 1.54) is 0 Å². The Morgan fingerprint density at radius 2 is 1.56 bits per heavy atom. The summed E-state index contributed by atoms with van der Waals surface area (Å²) >= 11 is 5.60. The second kappa shape index (κ2) is 13.8. The normalized spacial score (nSPS) is 8.28. The summed E-state index contributed by atoms with van der Waals surface area (Å²) in [4.78, 5) is 10.1. The topological polar surface area (TPSA) is 87.0 Å². The van der Waals surface area contributed by atoms with Crippen molar-refractivity contribution in [3.63, 3.8) is 0 Å². The smallest absolute Gasteiger partial charge is 0.341 e. The Bertz CT molecular complexity index is 298. The van der Waals surface area contributed by atoms with Crippen molar-refractivity contribution in [2.24, 2.45) is 0 Å². The van der Waals surface area contributed by atoms with Gasteiger partial charge in [-0.3, -0.25) is 0 Å². The van der Waals surface area contributed by atoms with Gasteiger partial charge in [0.25, 0.3) is 0 Å². The van der Waals surface area contributed by atoms with Crippen LogP contribution >= 0.6 is 11.6 Å². The van der Waals surface area contributed by atoms with Crippen LogP contribution in [0.25, 0.3) is 0 Å². The van der Waals surface area contributed by atoms with Crippen LogP contribution in [0.4, 0.5) is 0 Å². The molecule has 18 heavy (non-hydrogen) atoms. The molecule has 6 heteroatoms. The van der Waals surface area contributed by atoms with Crippen LogP contribution in [-0.2, 0) is 4.79 Å². The van der Waals surface area contributed by atoms with Gasteiger partial charge < -0.3 is 20.1 Å². The van der Waals surface area contributed by atoms with Crippen molar-refractivity contribution in [3.05, 3.63) is 29.3 Å². The van der Waals surface area contributed by atoms with Crippen molar-refractivity contribution in [2.45, 2.75) is 13.8 Å². The molecule has 0 saturated heterocycles. The molecule has 1 aromatic rings. The Morgan fingerprint density at radius 1 is 1.17 bits per heavy atom. The summed E-state index contributed by atoms with van der Waals surface area (Å²) in [5, 5.41) is 24.0. The maximum absolute atomic E-state index is 10.1. The van der Waals surface area contributed by atoms with Gasteiger partial charge in [-0.2, -0.15) is 0 Å². The van der Waals surface area contributed by atoms with Gasteiger partial charge in [0, 0.05) is 18.2 Å². The summed E-state index contributed by atoms with van der Waals surface area (Å²) in [7, 11) is 0. The lowest BCUT2D eigenvalue weighted by molar-refractivity contribution is -0.139. The fourth-order valence-corrected chi connectivity index (χ4v) is 0.802. The van der Waals surface area contributed by atoms with Gasteiger partial charge in [-0.05, 0) is 38.1 Å². The van der Waals surface area contributed by atoms with E-state index in [1.807, 2.05) is 0 Å². The fourth-order valence-electron chi connectivity index (χ4n) is 0.676. The van der Waals surface area contributed by atoms with Gasteiger partial charge in [0.15, 0.2) is 6.61 Å². The predicted octanol–water partition coefficient (Wildman–Crippen LogP) is 1.80. The lowest BCUT2D eigenvalue weighted by Crippen LogP contribution is -2.09. The minimum Gasteiger partial charge on any atom is -0.482 e. The zero-order valence-electron chi connectivity index (χ0n) is 10.5. The van der Waals surface area contributed by atoms with Crippen LogP contribution in [0.2, 0.25) is 5.02 Å². The van der Waals surface area contributed by atoms with Crippen LogP contribution in [0, 0.1) is 0 Å². The molecule has 104 valence electrons. The summed E-state index contributed by atoms with van der Waals surface area (Å²) in [5.74, 6) is -0.494. The third kappa shape index (κ3) is 14.7. The Labute approximate surface area is 112 Å². The number of hydrogen-bond donors (Lipinski definition) is 3. The number of aliphatic hydroxyl groups excluding tert-OH is 2. The number of hydrogen-bond acceptors (Lipinski definition) is 4. The van der Waals surface area contributed by atoms with Crippen LogP contribution in [0.15, 0.2) is 24.3 Å². The van der Waals surface area contributed by atoms with E-state index in [1.54, 1.807) is 38.1 Å². The maximum Gasteiger partial charge on any atom is 0.341 e. The monoisotopic (exact) mass is 278 g/mol. The molecule has 0 atom stereocenters. The van der Waals surface area contributed by atoms with Gasteiger partial charge in [0.1, 0.15) is 5.75 Å². The first-order valence-corrected chi connectivity index (χ1v) is 5.71. The largest absolute Gasteiger partial charge is 0.482 e. The lowest BCUT2D eigenvalue weighted by atomic mass is 10.3. The molecule has 0 spiro atoms. The highest BCUT2D eigenvalue weighted by molar-refractivity contribution is 6.30. The van der Waals surface area contributed by atoms with E-state index >= 15 is 0 Å². The molecule has 3 N–H and O–H groups in total. The van der Waals surface area contributed by atoms with Gasteiger partial charge in [0.05, 0.1) is 0 Å². The molecular weight excluding hydrogens is 260 g/mol. The molecule has 0 unspecified atom stereocenters. The van der Waals surface area contributed by atoms with E-state index in [-0.39, 0.29) is 19.8 Å². The molecule has 0 aliphatic carbocycles. The van der Waals surface area contributed by atoms with Crippen LogP contribution < -0.4 is 4.74 Å². The van der Waals surface area contributed by atoms with E-state index in [0.29, 0.717) is 10.8 Å². The third-order valence-corrected chi connectivity index (χ3v) is 1.43. The molecule has 5 nitrogen and oxygen atoms in total. The number of carboxylic acids is 1. The van der Waals surface area contributed by atoms with Crippen molar-refractivity contribution in [1.29, 1.82) is 0 Å². The Balaban J connectivity index is 0. The van der Waals surface area contributed by atoms with Gasteiger partial charge in [-0.25, -0.2) is 4.79 Å². The van der Waals surface area contributed by atoms with Crippen LogP contribution in [0.3, 0.4) is 0 Å². The number of aliphatic hydroxyl groups is 2. The van der Waals surface area contributed by atoms with E-state index in [4.69, 9.17) is 31.7 Å². The highest BCUT2D eigenvalue weighted by Crippen LogP contribution is 2.14. The standard InChI is InChI=1S/C8H7ClO3.2C2H6O/c9-6-1-3-7(4-2-6)12-5-8(10)11;2*1-2-3/h1-4H,5H2,(H,10,11);2*3H,2H2,1H3. The molecule has 0 bridgehead atoms. The van der Waals surface area contributed by atoms with Crippen molar-refractivity contribution < 1.29 is 24.9 Å². The van der Waals surface area contributed by atoms with E-state index in [0.717, 1.165) is 0 Å². The molecule has 0 amide bonds. The summed E-state index contributed by atoms with van der Waals surface area (Å²) in [6, 6.07) is 6.51. The van der Waals surface area contributed by atoms with Gasteiger partial charge >= 0.3 is 5.97 Å². The van der Waals surface area contributed by atoms with E-state index in [9.17, 15) is 4.79 Å². The Morgan fingerprint density at radius 3 is 1.89 bits per heavy atom. The third-order valence-electron chi connectivity index (χ3n) is 1.18. The summed E-state index contributed by atoms with van der Waals surface area (Å²) < 4.78 is 4.86. The predicted molar refractivity (Wildman–Crippen MR) is 70.1 cm³/mol. The van der Waals surface area contributed by atoms with Crippen LogP contribution in [0.1, 0.15) is 13.8 Å². The first-order valence-electron chi connectivity index (χ1n) is 5.33. The van der Waals surface area contributed by atoms with Crippen molar-refractivity contribution in [3.8, 4) is 5.75 Å². The molecule has 0 saturated carbocycles. The molecule has 1 rings (SSSR count). The summed E-state index contributed by atoms with van der Waals surface area (Å²) in [5.41, 5.74) is 0. The fraction of sp³-hybridized carbons (Fsp3) is 0.417. The van der Waals surface area contributed by atoms with Gasteiger partial charge in [0.2, 0.25) is 0 Å². The highest BCUT2D eigenvalue weighted by Gasteiger charge is 1.97. The number of carbonyl (C=O) groups is 1. The summed E-state index contributed by atoms with van der Waals surface area (Å²) in [6.07, 6.45) is 0. The lowest BCUT2D eigenvalue weighted by Gasteiger charge is -2.01. The first-order chi connectivity index (χ1) is 8.51. The molecule has 0 aliphatic heterocycles. The van der Waals surface area contributed by atoms with Crippen molar-refractivity contribution >= 4 is 17.6 Å². The van der Waals surface area contributed by atoms with Crippen LogP contribution in [0.5, 0.6) is 5.75 Å². The van der Waals surface area contributed by atoms with Gasteiger partial charge in [-0.1, -0.05) is 11.6 Å². The minimum atomic E-state index is -0.995. The molecule has 0 heterocycles. The highest BCUT2D eigenvalue weighted by atomic mass is 35.5. The Kier molecular flexibility index (Phi) is 14.6. The number of carboxylic acid groups (broad SMARTS) is 1. The number of benzene rings is 1. The average molecular weight is 279 g/mol. The molecule has 0 aliphatic rings. The second-order valence-corrected chi connectivity index (χ2v) is 3.21. The molecule has 1 aromatic carbocycles. The first kappa shape index (κ1) is 19.0. The maximum atomic E-state index is 10.1. The number of halogens is 1. The number of rotatable bonds is 3. The summed E-state index contributed by atoms with van der Waals surface area (Å²) in [6.45, 7) is 3.53. The molecule has 0 radical (unpaired) electrons. The van der Waals surface area contributed by atoms with Crippen molar-refractivity contribution in [1.82, 2.24) is 0 Å². The minimum absolute atomic E-state index is 0.250. The van der Waals surface area contributed by atoms with Gasteiger partial charge in [-0.15, -0.1) is 0 Å². The Hall–Kier alpha value is -1.30. The number of aliphatic carboxylic acids is 1. The molecular formula is C12H19ClO5. The van der Waals surface area contributed by atoms with Crippen molar-refractivity contribution in [2.75, 3.05) is 19.8 Å². The average Bonchev–Trinajstić information content (AvgIpc) is 2.30. The zero-order valence-corrected chi connectivity index (χ0v) is 11.2. The second-order valence-electron chi connectivity index (χ2n) is 2.77. The SMILES string of the molecule is CCO.CCO.O=C(O)COc1ccc(Cl)cc1.